The number of fused-ring (bicyclic) bond motifs is 1. The minimum atomic E-state index is -5.24. The normalized spacial score (nSPS) is 18.5. The first-order valence-electron chi connectivity index (χ1n) is 11.7. The number of hydrogen-bond donors (Lipinski definition) is 2. The van der Waals surface area contributed by atoms with Gasteiger partial charge in [0.05, 0.1) is 5.71 Å². The summed E-state index contributed by atoms with van der Waals surface area (Å²) in [5.74, 6) is -3.12. The first-order chi connectivity index (χ1) is 19.4. The molecule has 1 aliphatic rings. The van der Waals surface area contributed by atoms with Crippen molar-refractivity contribution in [2.24, 2.45) is 5.16 Å². The van der Waals surface area contributed by atoms with E-state index in [4.69, 9.17) is 28.0 Å². The highest BCUT2D eigenvalue weighted by Gasteiger charge is 2.62. The lowest BCUT2D eigenvalue weighted by Gasteiger charge is -2.29. The van der Waals surface area contributed by atoms with Crippen molar-refractivity contribution in [3.8, 4) is 0 Å². The van der Waals surface area contributed by atoms with Crippen LogP contribution in [0.1, 0.15) is 27.9 Å². The second-order valence-electron chi connectivity index (χ2n) is 9.20. The second-order valence-corrected chi connectivity index (χ2v) is 12.4. The Morgan fingerprint density at radius 3 is 2.24 bits per heavy atom. The van der Waals surface area contributed by atoms with Crippen LogP contribution >= 0.6 is 23.2 Å². The van der Waals surface area contributed by atoms with Crippen LogP contribution in [0.4, 0.5) is 26.3 Å². The van der Waals surface area contributed by atoms with E-state index >= 15 is 0 Å². The van der Waals surface area contributed by atoms with Crippen molar-refractivity contribution in [1.82, 2.24) is 10.0 Å². The first kappa shape index (κ1) is 31.4. The molecule has 0 saturated carbocycles. The van der Waals surface area contributed by atoms with E-state index in [0.717, 1.165) is 23.8 Å². The molecule has 2 atom stereocenters. The first-order valence-corrected chi connectivity index (χ1v) is 14.5. The number of carbonyl (C=O) groups is 2. The molecule has 0 aliphatic carbocycles. The van der Waals surface area contributed by atoms with Crippen LogP contribution in [0.3, 0.4) is 0 Å². The summed E-state index contributed by atoms with van der Waals surface area (Å²) in [4.78, 5) is 29.1. The predicted molar refractivity (Wildman–Crippen MR) is 147 cm³/mol. The minimum absolute atomic E-state index is 0.0298. The van der Waals surface area contributed by atoms with Crippen molar-refractivity contribution in [2.45, 2.75) is 24.4 Å². The molecule has 2 unspecified atom stereocenters. The zero-order valence-electron chi connectivity index (χ0n) is 21.2. The van der Waals surface area contributed by atoms with E-state index in [9.17, 15) is 40.1 Å². The smallest absolute Gasteiger partial charge is 0.374 e. The molecular weight excluding hydrogens is 635 g/mol. The molecule has 42 heavy (non-hydrogen) atoms. The second kappa shape index (κ2) is 11.3. The van der Waals surface area contributed by atoms with Gasteiger partial charge in [0.1, 0.15) is 0 Å². The lowest BCUT2D eigenvalue weighted by molar-refractivity contribution is -0.275. The van der Waals surface area contributed by atoms with Crippen LogP contribution in [0.25, 0.3) is 10.8 Å². The molecule has 7 nitrogen and oxygen atoms in total. The number of rotatable bonds is 6. The van der Waals surface area contributed by atoms with E-state index in [-0.39, 0.29) is 32.4 Å². The van der Waals surface area contributed by atoms with E-state index in [1.54, 1.807) is 18.2 Å². The van der Waals surface area contributed by atoms with E-state index in [0.29, 0.717) is 10.8 Å². The molecule has 0 fully saturated rings. The molecule has 3 aromatic carbocycles. The zero-order chi connectivity index (χ0) is 31.1. The van der Waals surface area contributed by atoms with E-state index in [2.05, 4.69) is 10.5 Å². The molecule has 0 saturated heterocycles. The average molecular weight is 654 g/mol. The van der Waals surface area contributed by atoms with Gasteiger partial charge >= 0.3 is 18.3 Å². The maximum Gasteiger partial charge on any atom is 0.472 e. The third-order valence-corrected chi connectivity index (χ3v) is 8.04. The highest BCUT2D eigenvalue weighted by Crippen LogP contribution is 2.50. The van der Waals surface area contributed by atoms with Crippen molar-refractivity contribution in [3.05, 3.63) is 81.3 Å². The number of nitrogens with zero attached hydrogens (tertiary/aromatic N) is 1. The van der Waals surface area contributed by atoms with E-state index < -0.39 is 52.4 Å². The molecule has 16 heteroatoms. The van der Waals surface area contributed by atoms with Crippen LogP contribution in [0, 0.1) is 0 Å². The monoisotopic (exact) mass is 653 g/mol. The summed E-state index contributed by atoms with van der Waals surface area (Å²) in [6.45, 7) is -0.473. The summed E-state index contributed by atoms with van der Waals surface area (Å²) in [6, 6.07) is 12.4. The van der Waals surface area contributed by atoms with Gasteiger partial charge in [-0.3, -0.25) is 14.3 Å². The lowest BCUT2D eigenvalue weighted by atomic mass is 9.85. The van der Waals surface area contributed by atoms with Crippen molar-refractivity contribution in [1.29, 1.82) is 0 Å². The highest BCUT2D eigenvalue weighted by atomic mass is 35.5. The Kier molecular flexibility index (Phi) is 8.46. The average Bonchev–Trinajstić information content (AvgIpc) is 3.33. The third-order valence-electron chi connectivity index (χ3n) is 6.21. The lowest BCUT2D eigenvalue weighted by Crippen LogP contribution is -2.42. The summed E-state index contributed by atoms with van der Waals surface area (Å²) >= 11 is 11.9. The number of hydrogen-bond acceptors (Lipinski definition) is 5. The molecule has 0 spiro atoms. The molecular formula is C26H19Cl2F6N3O4S. The zero-order valence-corrected chi connectivity index (χ0v) is 23.5. The fourth-order valence-electron chi connectivity index (χ4n) is 4.26. The number of halogens is 8. The molecule has 1 heterocycles. The molecule has 2 N–H and O–H groups in total. The fraction of sp³-hybridized carbons (Fsp3) is 0.231. The number of oxime groups is 1. The van der Waals surface area contributed by atoms with Crippen LogP contribution in [0.15, 0.2) is 59.8 Å². The van der Waals surface area contributed by atoms with Crippen LogP contribution in [0.2, 0.25) is 10.0 Å². The largest absolute Gasteiger partial charge is 0.472 e. The standard InChI is InChI=1S/C26H19Cl2F6N3O4S/c1-42(40,37-23(39)25(29,30)31)9-8-35-22(38)20-7-6-19(17-4-2-3-5-18(17)20)21-13-24(41-36-21,26(32,33)34)14-10-15(27)12-16(28)11-14/h2-7,9-12H,8,13H2,1H3,(H,35,38)(H,37,39,40). The molecule has 3 aromatic rings. The van der Waals surface area contributed by atoms with Crippen LogP contribution < -0.4 is 10.0 Å². The van der Waals surface area contributed by atoms with Crippen LogP contribution in [-0.4, -0.2) is 52.3 Å². The number of alkyl halides is 6. The molecule has 224 valence electrons. The van der Waals surface area contributed by atoms with Gasteiger partial charge in [0.15, 0.2) is 0 Å². The Hall–Kier alpha value is -3.49. The highest BCUT2D eigenvalue weighted by molar-refractivity contribution is 7.99. The molecule has 4 rings (SSSR count). The maximum absolute atomic E-state index is 14.4. The van der Waals surface area contributed by atoms with Crippen molar-refractivity contribution in [2.75, 3.05) is 12.8 Å². The van der Waals surface area contributed by atoms with E-state index in [1.807, 2.05) is 0 Å². The molecule has 0 aromatic heterocycles. The van der Waals surface area contributed by atoms with Gasteiger partial charge in [-0.1, -0.05) is 58.7 Å². The summed E-state index contributed by atoms with van der Waals surface area (Å²) in [7, 11) is -3.60. The van der Waals surface area contributed by atoms with Crippen molar-refractivity contribution >= 4 is 66.6 Å². The van der Waals surface area contributed by atoms with Crippen molar-refractivity contribution in [3.63, 3.8) is 0 Å². The van der Waals surface area contributed by atoms with Crippen LogP contribution in [0.5, 0.6) is 0 Å². The van der Waals surface area contributed by atoms with Gasteiger partial charge in [-0.15, -0.1) is 0 Å². The topological polar surface area (TPSA) is 96.9 Å². The van der Waals surface area contributed by atoms with Gasteiger partial charge in [0.2, 0.25) is 0 Å². The molecule has 2 amide bonds. The quantitative estimate of drug-likeness (QED) is 0.261. The predicted octanol–water partition coefficient (Wildman–Crippen LogP) is 5.77. The fourth-order valence-corrected chi connectivity index (χ4v) is 5.75. The summed E-state index contributed by atoms with van der Waals surface area (Å²) < 4.78 is 94.3. The molecule has 0 bridgehead atoms. The Bertz CT molecular complexity index is 1710. The molecule has 1 aliphatic heterocycles. The Morgan fingerprint density at radius 2 is 1.64 bits per heavy atom. The Morgan fingerprint density at radius 1 is 1.02 bits per heavy atom. The summed E-state index contributed by atoms with van der Waals surface area (Å²) in [6.07, 6.45) is -10.0. The van der Waals surface area contributed by atoms with Gasteiger partial charge in [0.25, 0.3) is 11.5 Å². The third kappa shape index (κ3) is 6.45. The summed E-state index contributed by atoms with van der Waals surface area (Å²) in [5, 5.41) is 7.56. The Balaban J connectivity index is 1.62. The van der Waals surface area contributed by atoms with Gasteiger partial charge in [-0.2, -0.15) is 26.3 Å². The van der Waals surface area contributed by atoms with Gasteiger partial charge in [0, 0.05) is 61.0 Å². The minimum Gasteiger partial charge on any atom is -0.374 e. The summed E-state index contributed by atoms with van der Waals surface area (Å²) in [5.41, 5.74) is -2.97. The number of benzene rings is 3. The number of nitrogens with one attached hydrogen (secondary N) is 2. The van der Waals surface area contributed by atoms with Crippen molar-refractivity contribution < 1.29 is 45.0 Å². The maximum atomic E-state index is 14.4. The molecule has 0 radical (unpaired) electrons. The van der Waals surface area contributed by atoms with Gasteiger partial charge in [-0.25, -0.2) is 4.21 Å². The number of amides is 2. The van der Waals surface area contributed by atoms with Gasteiger partial charge < -0.3 is 10.2 Å². The van der Waals surface area contributed by atoms with Gasteiger partial charge in [-0.05, 0) is 35.0 Å². The van der Waals surface area contributed by atoms with Crippen LogP contribution in [-0.2, 0) is 24.9 Å². The Labute approximate surface area is 244 Å². The number of carbonyl (C=O) groups excluding carboxylic acids is 2. The van der Waals surface area contributed by atoms with E-state index in [1.165, 1.54) is 29.0 Å². The SMILES string of the molecule is CS(=O)(=CCNC(=O)c1ccc(C2=NOC(c3cc(Cl)cc(Cl)c3)(C(F)(F)F)C2)c2ccccc12)NC(=O)C(F)(F)F.